The van der Waals surface area contributed by atoms with Gasteiger partial charge in [-0.3, -0.25) is 9.59 Å². The van der Waals surface area contributed by atoms with Crippen LogP contribution in [0.25, 0.3) is 0 Å². The molecule has 0 radical (unpaired) electrons. The fraction of sp³-hybridized carbons (Fsp3) is 0.818. The molecule has 3 N–H and O–H groups in total. The first kappa shape index (κ1) is 15.9. The lowest BCUT2D eigenvalue weighted by Gasteiger charge is -2.23. The van der Waals surface area contributed by atoms with Gasteiger partial charge < -0.3 is 20.1 Å². The number of carbonyl (C=O) groups is 2. The molecule has 0 aliphatic heterocycles. The molecule has 0 amide bonds. The van der Waals surface area contributed by atoms with E-state index in [9.17, 15) is 9.59 Å². The highest BCUT2D eigenvalue weighted by molar-refractivity contribution is 5.69. The number of hydrogen-bond donors (Lipinski definition) is 3. The molecule has 0 aromatic rings. The fourth-order valence-electron chi connectivity index (χ4n) is 1.01. The number of unbranched alkanes of at least 4 members (excludes halogenated alkanes) is 1. The molecule has 0 aromatic heterocycles. The second-order valence-corrected chi connectivity index (χ2v) is 4.39. The van der Waals surface area contributed by atoms with Crippen LogP contribution in [0.2, 0.25) is 0 Å². The topological polar surface area (TPSA) is 104 Å². The number of carboxylic acid groups (broad SMARTS) is 1. The van der Waals surface area contributed by atoms with E-state index >= 15 is 0 Å². The molecule has 0 aromatic carbocycles. The maximum Gasteiger partial charge on any atom is 0.305 e. The van der Waals surface area contributed by atoms with Gasteiger partial charge in [0.25, 0.3) is 0 Å². The van der Waals surface area contributed by atoms with Crippen molar-refractivity contribution < 1.29 is 29.6 Å². The fourth-order valence-corrected chi connectivity index (χ4v) is 1.01. The van der Waals surface area contributed by atoms with Gasteiger partial charge in [0.2, 0.25) is 0 Å². The minimum absolute atomic E-state index is 0.0400. The van der Waals surface area contributed by atoms with Crippen LogP contribution in [-0.2, 0) is 14.3 Å². The molecule has 0 saturated carbocycles. The van der Waals surface area contributed by atoms with Crippen LogP contribution in [-0.4, -0.2) is 47.1 Å². The summed E-state index contributed by atoms with van der Waals surface area (Å²) in [5.74, 6) is -1.32. The number of esters is 1. The van der Waals surface area contributed by atoms with Gasteiger partial charge in [-0.15, -0.1) is 0 Å². The zero-order valence-electron chi connectivity index (χ0n) is 10.0. The minimum Gasteiger partial charge on any atom is -0.481 e. The van der Waals surface area contributed by atoms with Crippen LogP contribution in [0.5, 0.6) is 0 Å². The number of rotatable bonds is 9. The first-order valence-electron chi connectivity index (χ1n) is 5.52. The highest BCUT2D eigenvalue weighted by Gasteiger charge is 2.24. The van der Waals surface area contributed by atoms with E-state index in [1.807, 2.05) is 0 Å². The molecule has 0 rings (SSSR count). The SMILES string of the molecule is CC(CO)(CO)COC(=O)CCCCC(=O)O. The molecular weight excluding hydrogens is 228 g/mol. The Labute approximate surface area is 100 Å². The van der Waals surface area contributed by atoms with Crippen molar-refractivity contribution in [2.24, 2.45) is 5.41 Å². The van der Waals surface area contributed by atoms with Crippen LogP contribution in [0.15, 0.2) is 0 Å². The molecule has 0 aliphatic rings. The number of carboxylic acids is 1. The van der Waals surface area contributed by atoms with Crippen LogP contribution in [0.1, 0.15) is 32.6 Å². The minimum atomic E-state index is -0.883. The van der Waals surface area contributed by atoms with E-state index in [-0.39, 0.29) is 32.7 Å². The van der Waals surface area contributed by atoms with E-state index < -0.39 is 17.4 Å². The maximum atomic E-state index is 11.2. The van der Waals surface area contributed by atoms with Gasteiger partial charge >= 0.3 is 11.9 Å². The summed E-state index contributed by atoms with van der Waals surface area (Å²) in [6.45, 7) is 1.02. The van der Waals surface area contributed by atoms with Gasteiger partial charge in [0.15, 0.2) is 0 Å². The van der Waals surface area contributed by atoms with Crippen LogP contribution in [0.3, 0.4) is 0 Å². The quantitative estimate of drug-likeness (QED) is 0.397. The normalized spacial score (nSPS) is 11.2. The maximum absolute atomic E-state index is 11.2. The van der Waals surface area contributed by atoms with Crippen LogP contribution >= 0.6 is 0 Å². The monoisotopic (exact) mass is 248 g/mol. The molecule has 0 bridgehead atoms. The molecule has 6 nitrogen and oxygen atoms in total. The predicted molar refractivity (Wildman–Crippen MR) is 59.3 cm³/mol. The van der Waals surface area contributed by atoms with E-state index in [0.29, 0.717) is 12.8 Å². The van der Waals surface area contributed by atoms with Crippen molar-refractivity contribution >= 4 is 11.9 Å². The molecular formula is C11H20O6. The van der Waals surface area contributed by atoms with Crippen molar-refractivity contribution in [2.45, 2.75) is 32.6 Å². The van der Waals surface area contributed by atoms with Crippen molar-refractivity contribution in [3.63, 3.8) is 0 Å². The summed E-state index contributed by atoms with van der Waals surface area (Å²) in [5, 5.41) is 26.3. The number of aliphatic hydroxyl groups excluding tert-OH is 2. The van der Waals surface area contributed by atoms with Crippen molar-refractivity contribution in [3.05, 3.63) is 0 Å². The molecule has 0 heterocycles. The summed E-state index contributed by atoms with van der Waals surface area (Å²) in [5.41, 5.74) is -0.823. The molecule has 6 heteroatoms. The number of aliphatic hydroxyl groups is 2. The molecule has 0 saturated heterocycles. The third kappa shape index (κ3) is 7.70. The van der Waals surface area contributed by atoms with Crippen molar-refractivity contribution in [1.29, 1.82) is 0 Å². The van der Waals surface area contributed by atoms with Gasteiger partial charge in [-0.05, 0) is 12.8 Å². The van der Waals surface area contributed by atoms with E-state index in [4.69, 9.17) is 20.1 Å². The molecule has 17 heavy (non-hydrogen) atoms. The zero-order chi connectivity index (χ0) is 13.3. The molecule has 0 aliphatic carbocycles. The van der Waals surface area contributed by atoms with E-state index in [1.165, 1.54) is 0 Å². The Kier molecular flexibility index (Phi) is 7.49. The summed E-state index contributed by atoms with van der Waals surface area (Å²) in [4.78, 5) is 21.4. The smallest absolute Gasteiger partial charge is 0.305 e. The zero-order valence-corrected chi connectivity index (χ0v) is 10.0. The van der Waals surface area contributed by atoms with Crippen molar-refractivity contribution in [2.75, 3.05) is 19.8 Å². The Hall–Kier alpha value is -1.14. The summed E-state index contributed by atoms with van der Waals surface area (Å²) < 4.78 is 4.89. The second kappa shape index (κ2) is 8.03. The summed E-state index contributed by atoms with van der Waals surface area (Å²) in [7, 11) is 0. The highest BCUT2D eigenvalue weighted by atomic mass is 16.5. The standard InChI is InChI=1S/C11H20O6/c1-11(6-12,7-13)8-17-10(16)5-3-2-4-9(14)15/h12-13H,2-8H2,1H3,(H,14,15). The Morgan fingerprint density at radius 1 is 1.12 bits per heavy atom. The molecule has 0 atom stereocenters. The van der Waals surface area contributed by atoms with Gasteiger partial charge in [0, 0.05) is 18.3 Å². The largest absolute Gasteiger partial charge is 0.481 e. The molecule has 0 fully saturated rings. The average molecular weight is 248 g/mol. The molecule has 0 unspecified atom stereocenters. The average Bonchev–Trinajstić information content (AvgIpc) is 2.31. The third-order valence-electron chi connectivity index (χ3n) is 2.37. The van der Waals surface area contributed by atoms with Crippen LogP contribution in [0.4, 0.5) is 0 Å². The first-order chi connectivity index (χ1) is 7.93. The number of hydrogen-bond acceptors (Lipinski definition) is 5. The summed E-state index contributed by atoms with van der Waals surface area (Å²) in [6, 6.07) is 0. The van der Waals surface area contributed by atoms with E-state index in [0.717, 1.165) is 0 Å². The van der Waals surface area contributed by atoms with Crippen molar-refractivity contribution in [1.82, 2.24) is 0 Å². The van der Waals surface area contributed by atoms with Gasteiger partial charge in [0.05, 0.1) is 13.2 Å². The Morgan fingerprint density at radius 3 is 2.12 bits per heavy atom. The van der Waals surface area contributed by atoms with Crippen molar-refractivity contribution in [3.8, 4) is 0 Å². The first-order valence-corrected chi connectivity index (χ1v) is 5.52. The van der Waals surface area contributed by atoms with E-state index in [2.05, 4.69) is 0 Å². The lowest BCUT2D eigenvalue weighted by Crippen LogP contribution is -2.32. The Bertz CT molecular complexity index is 246. The molecule has 0 spiro atoms. The second-order valence-electron chi connectivity index (χ2n) is 4.39. The third-order valence-corrected chi connectivity index (χ3v) is 2.37. The number of aliphatic carboxylic acids is 1. The van der Waals surface area contributed by atoms with Gasteiger partial charge in [-0.25, -0.2) is 0 Å². The number of carbonyl (C=O) groups excluding carboxylic acids is 1. The van der Waals surface area contributed by atoms with Crippen LogP contribution in [0, 0.1) is 5.41 Å². The Balaban J connectivity index is 3.69. The number of ether oxygens (including phenoxy) is 1. The van der Waals surface area contributed by atoms with Gasteiger partial charge in [-0.1, -0.05) is 6.92 Å². The summed E-state index contributed by atoms with van der Waals surface area (Å²) >= 11 is 0. The molecule has 100 valence electrons. The summed E-state index contributed by atoms with van der Waals surface area (Å²) in [6.07, 6.45) is 1.08. The highest BCUT2D eigenvalue weighted by Crippen LogP contribution is 2.15. The lowest BCUT2D eigenvalue weighted by molar-refractivity contribution is -0.149. The van der Waals surface area contributed by atoms with Gasteiger partial charge in [-0.2, -0.15) is 0 Å². The predicted octanol–water partition coefficient (Wildman–Crippen LogP) is 0.165. The van der Waals surface area contributed by atoms with Crippen LogP contribution < -0.4 is 0 Å². The Morgan fingerprint density at radius 2 is 1.65 bits per heavy atom. The lowest BCUT2D eigenvalue weighted by atomic mass is 9.94. The van der Waals surface area contributed by atoms with E-state index in [1.54, 1.807) is 6.92 Å². The van der Waals surface area contributed by atoms with Gasteiger partial charge in [0.1, 0.15) is 6.61 Å².